The van der Waals surface area contributed by atoms with Crippen LogP contribution >= 0.6 is 11.8 Å². The second-order valence-electron chi connectivity index (χ2n) is 5.53. The maximum Gasteiger partial charge on any atom is 0.156 e. The van der Waals surface area contributed by atoms with Crippen molar-refractivity contribution in [3.05, 3.63) is 29.8 Å². The largest absolute Gasteiger partial charge is 0.389 e. The van der Waals surface area contributed by atoms with E-state index in [4.69, 9.17) is 0 Å². The second-order valence-corrected chi connectivity index (χ2v) is 9.56. The van der Waals surface area contributed by atoms with E-state index in [1.54, 1.807) is 27.7 Å². The Labute approximate surface area is 120 Å². The zero-order valence-corrected chi connectivity index (χ0v) is 13.5. The maximum absolute atomic E-state index is 12.0. The molecule has 0 aromatic heterocycles. The number of thioether (sulfide) groups is 1. The first-order valence-electron chi connectivity index (χ1n) is 6.26. The highest BCUT2D eigenvalue weighted by Gasteiger charge is 2.28. The van der Waals surface area contributed by atoms with Crippen LogP contribution in [0.3, 0.4) is 0 Å². The van der Waals surface area contributed by atoms with Gasteiger partial charge in [-0.05, 0) is 45.4 Å². The third-order valence-electron chi connectivity index (χ3n) is 2.89. The van der Waals surface area contributed by atoms with Crippen molar-refractivity contribution < 1.29 is 13.5 Å². The van der Waals surface area contributed by atoms with Gasteiger partial charge in [0.15, 0.2) is 9.84 Å². The topological polar surface area (TPSA) is 54.4 Å². The van der Waals surface area contributed by atoms with Gasteiger partial charge in [-0.15, -0.1) is 11.8 Å². The Bertz CT molecular complexity index is 514. The number of rotatable bonds is 5. The van der Waals surface area contributed by atoms with Gasteiger partial charge in [-0.25, -0.2) is 8.42 Å². The minimum Gasteiger partial charge on any atom is -0.389 e. The van der Waals surface area contributed by atoms with Gasteiger partial charge in [-0.2, -0.15) is 0 Å². The van der Waals surface area contributed by atoms with Crippen LogP contribution in [0.5, 0.6) is 0 Å². The summed E-state index contributed by atoms with van der Waals surface area (Å²) < 4.78 is 23.2. The Balaban J connectivity index is 2.62. The molecule has 0 aliphatic rings. The molecule has 0 bridgehead atoms. The van der Waals surface area contributed by atoms with E-state index in [0.717, 1.165) is 10.5 Å². The lowest BCUT2D eigenvalue weighted by atomic mass is 10.1. The quantitative estimate of drug-likeness (QED) is 0.849. The molecule has 0 saturated carbocycles. The monoisotopic (exact) mass is 302 g/mol. The molecule has 1 atom stereocenters. The van der Waals surface area contributed by atoms with Gasteiger partial charge in [0.25, 0.3) is 0 Å². The second kappa shape index (κ2) is 6.29. The first kappa shape index (κ1) is 16.5. The van der Waals surface area contributed by atoms with Crippen LogP contribution in [0.15, 0.2) is 29.2 Å². The molecule has 0 amide bonds. The molecule has 0 spiro atoms. The van der Waals surface area contributed by atoms with Crippen molar-refractivity contribution in [2.24, 2.45) is 0 Å². The van der Waals surface area contributed by atoms with Crippen LogP contribution in [0, 0.1) is 0 Å². The summed E-state index contributed by atoms with van der Waals surface area (Å²) in [6.07, 6.45) is -0.501. The van der Waals surface area contributed by atoms with Gasteiger partial charge in [0.1, 0.15) is 0 Å². The van der Waals surface area contributed by atoms with Gasteiger partial charge >= 0.3 is 0 Å². The van der Waals surface area contributed by atoms with Crippen molar-refractivity contribution in [3.63, 3.8) is 0 Å². The van der Waals surface area contributed by atoms with Gasteiger partial charge in [-0.1, -0.05) is 12.1 Å². The molecule has 0 radical (unpaired) electrons. The van der Waals surface area contributed by atoms with Gasteiger partial charge < -0.3 is 5.11 Å². The van der Waals surface area contributed by atoms with Crippen molar-refractivity contribution in [2.75, 3.05) is 11.5 Å². The molecule has 0 aliphatic heterocycles. The van der Waals surface area contributed by atoms with E-state index in [0.29, 0.717) is 5.75 Å². The van der Waals surface area contributed by atoms with Crippen molar-refractivity contribution in [1.29, 1.82) is 0 Å². The standard InChI is InChI=1S/C14H22O3S2/c1-11(15)12-6-5-7-13(10-12)18-8-9-19(16,17)14(2,3)4/h5-7,10-11,15H,8-9H2,1-4H3. The minimum absolute atomic E-state index is 0.167. The van der Waals surface area contributed by atoms with Crippen molar-refractivity contribution >= 4 is 21.6 Å². The first-order chi connectivity index (χ1) is 8.63. The molecule has 1 unspecified atom stereocenters. The summed E-state index contributed by atoms with van der Waals surface area (Å²) in [5, 5.41) is 9.50. The molecule has 108 valence electrons. The van der Waals surface area contributed by atoms with E-state index in [2.05, 4.69) is 0 Å². The molecule has 0 saturated heterocycles. The fourth-order valence-corrected chi connectivity index (χ4v) is 3.89. The first-order valence-corrected chi connectivity index (χ1v) is 8.90. The molecule has 1 aromatic carbocycles. The number of hydrogen-bond acceptors (Lipinski definition) is 4. The Morgan fingerprint density at radius 3 is 2.47 bits per heavy atom. The number of benzene rings is 1. The molecule has 1 N–H and O–H groups in total. The lowest BCUT2D eigenvalue weighted by Crippen LogP contribution is -2.31. The van der Waals surface area contributed by atoms with Gasteiger partial charge in [-0.3, -0.25) is 0 Å². The SMILES string of the molecule is CC(O)c1cccc(SCCS(=O)(=O)C(C)(C)C)c1. The summed E-state index contributed by atoms with van der Waals surface area (Å²) in [7, 11) is -3.06. The molecule has 5 heteroatoms. The third kappa shape index (κ3) is 4.82. The smallest absolute Gasteiger partial charge is 0.156 e. The molecule has 0 heterocycles. The Hall–Kier alpha value is -0.520. The van der Waals surface area contributed by atoms with Crippen molar-refractivity contribution in [1.82, 2.24) is 0 Å². The van der Waals surface area contributed by atoms with Crippen LogP contribution in [0.1, 0.15) is 39.4 Å². The Kier molecular flexibility index (Phi) is 5.47. The van der Waals surface area contributed by atoms with Gasteiger partial charge in [0, 0.05) is 10.6 Å². The predicted molar refractivity (Wildman–Crippen MR) is 81.3 cm³/mol. The molecule has 3 nitrogen and oxygen atoms in total. The molecule has 1 rings (SSSR count). The van der Waals surface area contributed by atoms with E-state index in [-0.39, 0.29) is 5.75 Å². The highest BCUT2D eigenvalue weighted by atomic mass is 32.2. The van der Waals surface area contributed by atoms with E-state index >= 15 is 0 Å². The van der Waals surface area contributed by atoms with Crippen LogP contribution in [-0.4, -0.2) is 29.8 Å². The van der Waals surface area contributed by atoms with Gasteiger partial charge in [0.2, 0.25) is 0 Å². The molecule has 0 aliphatic carbocycles. The fraction of sp³-hybridized carbons (Fsp3) is 0.571. The summed E-state index contributed by atoms with van der Waals surface area (Å²) in [6.45, 7) is 6.89. The van der Waals surface area contributed by atoms with Crippen LogP contribution in [0.25, 0.3) is 0 Å². The average molecular weight is 302 g/mol. The van der Waals surface area contributed by atoms with E-state index in [9.17, 15) is 13.5 Å². The molecule has 0 fully saturated rings. The minimum atomic E-state index is -3.06. The Morgan fingerprint density at radius 1 is 1.32 bits per heavy atom. The van der Waals surface area contributed by atoms with Crippen molar-refractivity contribution in [2.45, 2.75) is 43.4 Å². The highest BCUT2D eigenvalue weighted by molar-refractivity contribution is 8.01. The predicted octanol–water partition coefficient (Wildman–Crippen LogP) is 3.05. The lowest BCUT2D eigenvalue weighted by molar-refractivity contribution is 0.199. The van der Waals surface area contributed by atoms with E-state index in [1.807, 2.05) is 24.3 Å². The average Bonchev–Trinajstić information content (AvgIpc) is 2.27. The van der Waals surface area contributed by atoms with Crippen LogP contribution in [0.4, 0.5) is 0 Å². The molecular weight excluding hydrogens is 280 g/mol. The third-order valence-corrected chi connectivity index (χ3v) is 6.76. The number of aliphatic hydroxyl groups excluding tert-OH is 1. The Morgan fingerprint density at radius 2 is 1.95 bits per heavy atom. The van der Waals surface area contributed by atoms with E-state index < -0.39 is 20.7 Å². The van der Waals surface area contributed by atoms with Crippen molar-refractivity contribution in [3.8, 4) is 0 Å². The number of hydrogen-bond donors (Lipinski definition) is 1. The van der Waals surface area contributed by atoms with Gasteiger partial charge in [0.05, 0.1) is 16.6 Å². The number of aliphatic hydroxyl groups is 1. The zero-order valence-electron chi connectivity index (χ0n) is 11.9. The van der Waals surface area contributed by atoms with Crippen LogP contribution < -0.4 is 0 Å². The summed E-state index contributed by atoms with van der Waals surface area (Å²) >= 11 is 1.50. The van der Waals surface area contributed by atoms with Crippen LogP contribution in [0.2, 0.25) is 0 Å². The highest BCUT2D eigenvalue weighted by Crippen LogP contribution is 2.24. The zero-order chi connectivity index (χ0) is 14.7. The van der Waals surface area contributed by atoms with E-state index in [1.165, 1.54) is 11.8 Å². The normalized spacial score (nSPS) is 14.4. The lowest BCUT2D eigenvalue weighted by Gasteiger charge is -2.18. The number of sulfone groups is 1. The summed E-state index contributed by atoms with van der Waals surface area (Å²) in [5.41, 5.74) is 0.851. The molecular formula is C14H22O3S2. The fourth-order valence-electron chi connectivity index (χ4n) is 1.44. The maximum atomic E-state index is 12.0. The summed E-state index contributed by atoms with van der Waals surface area (Å²) in [4.78, 5) is 0.988. The molecule has 19 heavy (non-hydrogen) atoms. The van der Waals surface area contributed by atoms with Crippen LogP contribution in [-0.2, 0) is 9.84 Å². The molecule has 1 aromatic rings. The summed E-state index contributed by atoms with van der Waals surface area (Å²) in [6, 6.07) is 7.57. The summed E-state index contributed by atoms with van der Waals surface area (Å²) in [5.74, 6) is 0.697.